The summed E-state index contributed by atoms with van der Waals surface area (Å²) in [7, 11) is 3.09. The van der Waals surface area contributed by atoms with E-state index >= 15 is 0 Å². The second-order valence-electron chi connectivity index (χ2n) is 7.71. The van der Waals surface area contributed by atoms with Crippen LogP contribution in [0.15, 0.2) is 79.0 Å². The van der Waals surface area contributed by atoms with Gasteiger partial charge in [0.05, 0.1) is 19.9 Å². The number of carbonyl (C=O) groups is 2. The number of methoxy groups -OCH3 is 2. The molecular formula is C27H24FN3O5. The van der Waals surface area contributed by atoms with E-state index in [9.17, 15) is 14.0 Å². The summed E-state index contributed by atoms with van der Waals surface area (Å²) in [5.74, 6) is -0.362. The fourth-order valence-corrected chi connectivity index (χ4v) is 3.54. The van der Waals surface area contributed by atoms with Crippen LogP contribution in [0, 0.1) is 5.82 Å². The number of rotatable bonds is 9. The molecule has 0 saturated carbocycles. The van der Waals surface area contributed by atoms with E-state index in [0.717, 1.165) is 5.56 Å². The van der Waals surface area contributed by atoms with E-state index in [1.165, 1.54) is 42.3 Å². The maximum Gasteiger partial charge on any atom is 0.342 e. The number of hydrogen-bond donors (Lipinski definition) is 1. The van der Waals surface area contributed by atoms with Gasteiger partial charge in [-0.2, -0.15) is 5.10 Å². The summed E-state index contributed by atoms with van der Waals surface area (Å²) in [6.07, 6.45) is 1.48. The molecule has 3 aromatic carbocycles. The Hall–Kier alpha value is -4.66. The van der Waals surface area contributed by atoms with Crippen LogP contribution < -0.4 is 14.8 Å². The number of aromatic nitrogens is 2. The molecule has 0 fully saturated rings. The zero-order valence-electron chi connectivity index (χ0n) is 19.7. The minimum atomic E-state index is -0.728. The van der Waals surface area contributed by atoms with E-state index in [1.807, 2.05) is 18.2 Å². The summed E-state index contributed by atoms with van der Waals surface area (Å²) < 4.78 is 30.7. The molecule has 36 heavy (non-hydrogen) atoms. The third-order valence-corrected chi connectivity index (χ3v) is 5.37. The minimum absolute atomic E-state index is 0.144. The highest BCUT2D eigenvalue weighted by molar-refractivity contribution is 5.97. The van der Waals surface area contributed by atoms with Crippen molar-refractivity contribution in [1.82, 2.24) is 15.1 Å². The van der Waals surface area contributed by atoms with Crippen LogP contribution in [0.25, 0.3) is 16.9 Å². The van der Waals surface area contributed by atoms with Crippen molar-refractivity contribution in [3.8, 4) is 28.4 Å². The van der Waals surface area contributed by atoms with Crippen LogP contribution in [0.3, 0.4) is 0 Å². The number of para-hydroxylation sites is 1. The minimum Gasteiger partial charge on any atom is -0.497 e. The molecule has 0 atom stereocenters. The Labute approximate surface area is 207 Å². The van der Waals surface area contributed by atoms with E-state index in [4.69, 9.17) is 14.2 Å². The summed E-state index contributed by atoms with van der Waals surface area (Å²) >= 11 is 0. The number of ether oxygens (including phenoxy) is 3. The zero-order valence-corrected chi connectivity index (χ0v) is 19.7. The van der Waals surface area contributed by atoms with Gasteiger partial charge < -0.3 is 19.5 Å². The Morgan fingerprint density at radius 1 is 0.972 bits per heavy atom. The van der Waals surface area contributed by atoms with Gasteiger partial charge in [-0.15, -0.1) is 0 Å². The maximum atomic E-state index is 13.4. The van der Waals surface area contributed by atoms with Crippen molar-refractivity contribution in [2.24, 2.45) is 0 Å². The largest absolute Gasteiger partial charge is 0.497 e. The number of esters is 1. The van der Waals surface area contributed by atoms with E-state index in [2.05, 4.69) is 10.4 Å². The van der Waals surface area contributed by atoms with Crippen LogP contribution in [-0.4, -0.2) is 42.5 Å². The smallest absolute Gasteiger partial charge is 0.342 e. The van der Waals surface area contributed by atoms with Crippen molar-refractivity contribution in [1.29, 1.82) is 0 Å². The van der Waals surface area contributed by atoms with Crippen molar-refractivity contribution >= 4 is 11.9 Å². The molecule has 0 unspecified atom stereocenters. The monoisotopic (exact) mass is 489 g/mol. The van der Waals surface area contributed by atoms with E-state index < -0.39 is 24.3 Å². The first kappa shape index (κ1) is 24.5. The quantitative estimate of drug-likeness (QED) is 0.355. The lowest BCUT2D eigenvalue weighted by molar-refractivity contribution is -0.124. The van der Waals surface area contributed by atoms with Crippen LogP contribution in [0.1, 0.15) is 15.9 Å². The van der Waals surface area contributed by atoms with Gasteiger partial charge in [-0.25, -0.2) is 13.9 Å². The first-order valence-electron chi connectivity index (χ1n) is 11.0. The van der Waals surface area contributed by atoms with Crippen molar-refractivity contribution < 1.29 is 28.2 Å². The number of hydrogen-bond acceptors (Lipinski definition) is 6. The summed E-state index contributed by atoms with van der Waals surface area (Å²) in [5.41, 5.74) is 2.43. The molecule has 184 valence electrons. The van der Waals surface area contributed by atoms with Gasteiger partial charge in [-0.05, 0) is 42.5 Å². The molecule has 0 radical (unpaired) electrons. The van der Waals surface area contributed by atoms with Crippen LogP contribution in [0.4, 0.5) is 4.39 Å². The third kappa shape index (κ3) is 5.69. The highest BCUT2D eigenvalue weighted by Crippen LogP contribution is 2.27. The molecule has 0 saturated heterocycles. The van der Waals surface area contributed by atoms with Crippen molar-refractivity contribution in [3.05, 3.63) is 95.9 Å². The lowest BCUT2D eigenvalue weighted by Crippen LogP contribution is -2.28. The number of benzene rings is 3. The van der Waals surface area contributed by atoms with Gasteiger partial charge in [0, 0.05) is 23.9 Å². The Balaban J connectivity index is 1.52. The third-order valence-electron chi connectivity index (χ3n) is 5.37. The average Bonchev–Trinajstić information content (AvgIpc) is 3.37. The standard InChI is InChI=1S/C27H24FN3O5/c1-34-22-8-5-7-18(14-22)26-23(16-31(30-26)21-12-10-20(28)11-13-21)27(33)36-17-25(32)29-15-19-6-3-4-9-24(19)35-2/h3-14,16H,15,17H2,1-2H3,(H,29,32). The molecule has 0 aliphatic carbocycles. The maximum absolute atomic E-state index is 13.4. The van der Waals surface area contributed by atoms with E-state index in [-0.39, 0.29) is 12.1 Å². The molecule has 4 aromatic rings. The molecule has 1 amide bonds. The number of nitrogens with zero attached hydrogens (tertiary/aromatic N) is 2. The Morgan fingerprint density at radius 2 is 1.75 bits per heavy atom. The topological polar surface area (TPSA) is 91.7 Å². The van der Waals surface area contributed by atoms with Gasteiger partial charge >= 0.3 is 5.97 Å². The second kappa shape index (κ2) is 11.2. The number of carbonyl (C=O) groups excluding carboxylic acids is 2. The predicted molar refractivity (Wildman–Crippen MR) is 131 cm³/mol. The summed E-state index contributed by atoms with van der Waals surface area (Å²) in [5, 5.41) is 7.23. The molecule has 1 N–H and O–H groups in total. The molecular weight excluding hydrogens is 465 g/mol. The molecule has 4 rings (SSSR count). The average molecular weight is 490 g/mol. The van der Waals surface area contributed by atoms with Crippen molar-refractivity contribution in [3.63, 3.8) is 0 Å². The van der Waals surface area contributed by atoms with Crippen LogP contribution in [-0.2, 0) is 16.1 Å². The number of halogens is 1. The zero-order chi connectivity index (χ0) is 25.5. The SMILES string of the molecule is COc1cccc(-c2nn(-c3ccc(F)cc3)cc2C(=O)OCC(=O)NCc2ccccc2OC)c1. The second-order valence-corrected chi connectivity index (χ2v) is 7.71. The van der Waals surface area contributed by atoms with Crippen molar-refractivity contribution in [2.75, 3.05) is 20.8 Å². The fourth-order valence-electron chi connectivity index (χ4n) is 3.54. The normalized spacial score (nSPS) is 10.5. The van der Waals surface area contributed by atoms with Gasteiger partial charge in [0.1, 0.15) is 28.6 Å². The highest BCUT2D eigenvalue weighted by atomic mass is 19.1. The molecule has 1 aromatic heterocycles. The predicted octanol–water partition coefficient (Wildman–Crippen LogP) is 4.17. The molecule has 0 spiro atoms. The van der Waals surface area contributed by atoms with Gasteiger partial charge in [0.15, 0.2) is 6.61 Å². The van der Waals surface area contributed by atoms with Crippen LogP contribution in [0.5, 0.6) is 11.5 Å². The van der Waals surface area contributed by atoms with Gasteiger partial charge in [0.2, 0.25) is 0 Å². The van der Waals surface area contributed by atoms with Gasteiger partial charge in [0.25, 0.3) is 5.91 Å². The molecule has 0 aliphatic heterocycles. The molecule has 0 bridgehead atoms. The van der Waals surface area contributed by atoms with Crippen molar-refractivity contribution in [2.45, 2.75) is 6.54 Å². The first-order chi connectivity index (χ1) is 17.5. The van der Waals surface area contributed by atoms with Gasteiger partial charge in [-0.1, -0.05) is 30.3 Å². The van der Waals surface area contributed by atoms with E-state index in [0.29, 0.717) is 28.4 Å². The van der Waals surface area contributed by atoms with Crippen LogP contribution >= 0.6 is 0 Å². The number of nitrogens with one attached hydrogen (secondary N) is 1. The van der Waals surface area contributed by atoms with E-state index in [1.54, 1.807) is 37.4 Å². The molecule has 8 nitrogen and oxygen atoms in total. The first-order valence-corrected chi connectivity index (χ1v) is 11.0. The highest BCUT2D eigenvalue weighted by Gasteiger charge is 2.21. The lowest BCUT2D eigenvalue weighted by atomic mass is 10.1. The molecule has 1 heterocycles. The van der Waals surface area contributed by atoms with Crippen LogP contribution in [0.2, 0.25) is 0 Å². The van der Waals surface area contributed by atoms with Gasteiger partial charge in [-0.3, -0.25) is 4.79 Å². The molecule has 0 aliphatic rings. The Morgan fingerprint density at radius 3 is 2.50 bits per heavy atom. The fraction of sp³-hybridized carbons (Fsp3) is 0.148. The summed E-state index contributed by atoms with van der Waals surface area (Å²) in [6.45, 7) is -0.259. The Kier molecular flexibility index (Phi) is 7.60. The molecule has 9 heteroatoms. The lowest BCUT2D eigenvalue weighted by Gasteiger charge is -2.10. The Bertz CT molecular complexity index is 1370. The number of amides is 1. The summed E-state index contributed by atoms with van der Waals surface area (Å²) in [6, 6.07) is 20.0. The summed E-state index contributed by atoms with van der Waals surface area (Å²) in [4.78, 5) is 25.4.